The van der Waals surface area contributed by atoms with Gasteiger partial charge >= 0.3 is 6.09 Å². The summed E-state index contributed by atoms with van der Waals surface area (Å²) in [5.74, 6) is 2.09. The zero-order valence-electron chi connectivity index (χ0n) is 16.4. The molecule has 2 N–H and O–H groups in total. The number of fused-ring (bicyclic) bond motifs is 1. The Hall–Kier alpha value is -1.76. The fourth-order valence-electron chi connectivity index (χ4n) is 3.62. The zero-order chi connectivity index (χ0) is 19.6. The van der Waals surface area contributed by atoms with Crippen LogP contribution in [0.25, 0.3) is 11.0 Å². The van der Waals surface area contributed by atoms with Gasteiger partial charge in [-0.1, -0.05) is 25.7 Å². The van der Waals surface area contributed by atoms with Gasteiger partial charge in [-0.2, -0.15) is 0 Å². The molecule has 1 fully saturated rings. The minimum absolute atomic E-state index is 0.208. The van der Waals surface area contributed by atoms with E-state index >= 15 is 0 Å². The van der Waals surface area contributed by atoms with Gasteiger partial charge in [0.15, 0.2) is 0 Å². The highest BCUT2D eigenvalue weighted by atomic mass is 79.9. The average molecular weight is 438 g/mol. The summed E-state index contributed by atoms with van der Waals surface area (Å²) in [4.78, 5) is 20.5. The second kappa shape index (κ2) is 8.09. The maximum atomic E-state index is 12.4. The normalized spacial score (nSPS) is 16.5. The second-order valence-corrected chi connectivity index (χ2v) is 9.07. The third kappa shape index (κ3) is 5.15. The predicted molar refractivity (Wildman–Crippen MR) is 109 cm³/mol. The van der Waals surface area contributed by atoms with E-state index in [1.165, 1.54) is 25.7 Å². The number of methoxy groups -OCH3 is 1. The van der Waals surface area contributed by atoms with Crippen LogP contribution in [-0.4, -0.2) is 28.8 Å². The molecule has 0 aliphatic heterocycles. The van der Waals surface area contributed by atoms with Crippen LogP contribution in [0.5, 0.6) is 5.75 Å². The molecule has 2 aromatic rings. The van der Waals surface area contributed by atoms with Crippen molar-refractivity contribution in [3.63, 3.8) is 0 Å². The molecule has 1 aliphatic carbocycles. The van der Waals surface area contributed by atoms with E-state index in [1.54, 1.807) is 7.11 Å². The van der Waals surface area contributed by atoms with Crippen LogP contribution in [0.15, 0.2) is 16.6 Å². The van der Waals surface area contributed by atoms with E-state index in [4.69, 9.17) is 14.5 Å². The lowest BCUT2D eigenvalue weighted by Gasteiger charge is -2.24. The van der Waals surface area contributed by atoms with Crippen LogP contribution in [0, 0.1) is 5.92 Å². The van der Waals surface area contributed by atoms with Crippen molar-refractivity contribution in [2.45, 2.75) is 64.5 Å². The van der Waals surface area contributed by atoms with Crippen LogP contribution in [0.3, 0.4) is 0 Å². The Morgan fingerprint density at radius 3 is 2.70 bits per heavy atom. The molecule has 1 heterocycles. The molecule has 27 heavy (non-hydrogen) atoms. The average Bonchev–Trinajstić information content (AvgIpc) is 3.20. The third-order valence-electron chi connectivity index (χ3n) is 4.84. The Morgan fingerprint density at radius 1 is 1.37 bits per heavy atom. The van der Waals surface area contributed by atoms with Crippen molar-refractivity contribution >= 4 is 33.1 Å². The minimum Gasteiger partial charge on any atom is -0.495 e. The van der Waals surface area contributed by atoms with Crippen molar-refractivity contribution in [2.75, 3.05) is 7.11 Å². The highest BCUT2D eigenvalue weighted by Gasteiger charge is 2.27. The molecule has 7 heteroatoms. The monoisotopic (exact) mass is 437 g/mol. The molecule has 6 nitrogen and oxygen atoms in total. The van der Waals surface area contributed by atoms with Crippen molar-refractivity contribution in [1.82, 2.24) is 15.3 Å². The zero-order valence-corrected chi connectivity index (χ0v) is 18.0. The number of alkyl carbamates (subject to hydrolysis) is 1. The molecule has 1 saturated carbocycles. The van der Waals surface area contributed by atoms with E-state index in [0.717, 1.165) is 33.5 Å². The van der Waals surface area contributed by atoms with Gasteiger partial charge < -0.3 is 19.8 Å². The number of amides is 1. The summed E-state index contributed by atoms with van der Waals surface area (Å²) in [6.07, 6.45) is 5.36. The standard InChI is InChI=1S/C20H28BrN3O3/c1-20(2,3)27-19(25)24-16(9-12-7-5-6-8-12)18-22-14-10-13(21)17(26-4)11-15(14)23-18/h10-12,16H,5-9H2,1-4H3,(H,22,23)(H,24,25)/t16-/m1/s1. The number of carbonyl (C=O) groups excluding carboxylic acids is 1. The van der Waals surface area contributed by atoms with E-state index in [9.17, 15) is 4.79 Å². The molecule has 1 atom stereocenters. The lowest BCUT2D eigenvalue weighted by Crippen LogP contribution is -2.36. The molecular formula is C20H28BrN3O3. The summed E-state index contributed by atoms with van der Waals surface area (Å²) in [7, 11) is 1.64. The van der Waals surface area contributed by atoms with E-state index in [2.05, 4.69) is 26.2 Å². The second-order valence-electron chi connectivity index (χ2n) is 8.21. The summed E-state index contributed by atoms with van der Waals surface area (Å²) in [6, 6.07) is 3.63. The molecular weight excluding hydrogens is 410 g/mol. The first-order valence-corrected chi connectivity index (χ1v) is 10.3. The van der Waals surface area contributed by atoms with Crippen molar-refractivity contribution in [3.05, 3.63) is 22.4 Å². The first-order chi connectivity index (χ1) is 12.7. The number of nitrogens with one attached hydrogen (secondary N) is 2. The Balaban J connectivity index is 1.86. The van der Waals surface area contributed by atoms with Gasteiger partial charge in [0, 0.05) is 6.07 Å². The van der Waals surface area contributed by atoms with Crippen molar-refractivity contribution in [2.24, 2.45) is 5.92 Å². The van der Waals surface area contributed by atoms with Gasteiger partial charge in [-0.25, -0.2) is 9.78 Å². The molecule has 1 amide bonds. The summed E-state index contributed by atoms with van der Waals surface area (Å²) in [5, 5.41) is 3.02. The number of hydrogen-bond donors (Lipinski definition) is 2. The van der Waals surface area contributed by atoms with Gasteiger partial charge in [-0.3, -0.25) is 0 Å². The quantitative estimate of drug-likeness (QED) is 0.648. The Kier molecular flexibility index (Phi) is 5.99. The number of rotatable bonds is 5. The molecule has 3 rings (SSSR count). The Labute approximate surface area is 168 Å². The highest BCUT2D eigenvalue weighted by Crippen LogP contribution is 2.34. The molecule has 0 spiro atoms. The number of H-pyrrole nitrogens is 1. The number of hydrogen-bond acceptors (Lipinski definition) is 4. The number of aromatic nitrogens is 2. The summed E-state index contributed by atoms with van der Waals surface area (Å²) in [5.41, 5.74) is 1.18. The number of ether oxygens (including phenoxy) is 2. The number of aromatic amines is 1. The van der Waals surface area contributed by atoms with Crippen LogP contribution in [0.1, 0.15) is 64.7 Å². The molecule has 148 valence electrons. The molecule has 0 bridgehead atoms. The fourth-order valence-corrected chi connectivity index (χ4v) is 4.11. The van der Waals surface area contributed by atoms with Crippen LogP contribution in [-0.2, 0) is 4.74 Å². The maximum absolute atomic E-state index is 12.4. The van der Waals surface area contributed by atoms with Crippen molar-refractivity contribution in [1.29, 1.82) is 0 Å². The molecule has 0 unspecified atom stereocenters. The van der Waals surface area contributed by atoms with Gasteiger partial charge in [0.25, 0.3) is 0 Å². The van der Waals surface area contributed by atoms with Gasteiger partial charge in [0.2, 0.25) is 0 Å². The Morgan fingerprint density at radius 2 is 2.07 bits per heavy atom. The molecule has 0 radical (unpaired) electrons. The van der Waals surface area contributed by atoms with E-state index in [1.807, 2.05) is 32.9 Å². The molecule has 1 aromatic carbocycles. The summed E-state index contributed by atoms with van der Waals surface area (Å²) < 4.78 is 11.7. The number of imidazole rings is 1. The Bertz CT molecular complexity index is 807. The van der Waals surface area contributed by atoms with Gasteiger partial charge in [0.05, 0.1) is 28.7 Å². The van der Waals surface area contributed by atoms with Crippen LogP contribution in [0.2, 0.25) is 0 Å². The van der Waals surface area contributed by atoms with Crippen molar-refractivity contribution < 1.29 is 14.3 Å². The lowest BCUT2D eigenvalue weighted by molar-refractivity contribution is 0.0494. The number of benzene rings is 1. The van der Waals surface area contributed by atoms with E-state index < -0.39 is 11.7 Å². The number of halogens is 1. The SMILES string of the molecule is COc1cc2[nH]c([C@@H](CC3CCCC3)NC(=O)OC(C)(C)C)nc2cc1Br. The van der Waals surface area contributed by atoms with Crippen LogP contribution < -0.4 is 10.1 Å². The molecule has 1 aromatic heterocycles. The predicted octanol–water partition coefficient (Wildman–Crippen LogP) is 5.48. The van der Waals surface area contributed by atoms with E-state index in [-0.39, 0.29) is 6.04 Å². The topological polar surface area (TPSA) is 76.2 Å². The van der Waals surface area contributed by atoms with Gasteiger partial charge in [-0.05, 0) is 55.1 Å². The van der Waals surface area contributed by atoms with Crippen molar-refractivity contribution in [3.8, 4) is 5.75 Å². The first-order valence-electron chi connectivity index (χ1n) is 9.48. The number of carbonyl (C=O) groups is 1. The van der Waals surface area contributed by atoms with Gasteiger partial charge in [0.1, 0.15) is 17.2 Å². The largest absolute Gasteiger partial charge is 0.495 e. The fraction of sp³-hybridized carbons (Fsp3) is 0.600. The van der Waals surface area contributed by atoms with Crippen LogP contribution in [0.4, 0.5) is 4.79 Å². The maximum Gasteiger partial charge on any atom is 0.408 e. The molecule has 1 aliphatic rings. The number of nitrogens with zero attached hydrogens (tertiary/aromatic N) is 1. The first kappa shape index (κ1) is 20.0. The summed E-state index contributed by atoms with van der Waals surface area (Å²) >= 11 is 3.50. The molecule has 0 saturated heterocycles. The smallest absolute Gasteiger partial charge is 0.408 e. The highest BCUT2D eigenvalue weighted by molar-refractivity contribution is 9.10. The van der Waals surface area contributed by atoms with Crippen LogP contribution >= 0.6 is 15.9 Å². The summed E-state index contributed by atoms with van der Waals surface area (Å²) in [6.45, 7) is 5.59. The minimum atomic E-state index is -0.534. The van der Waals surface area contributed by atoms with Gasteiger partial charge in [-0.15, -0.1) is 0 Å². The lowest BCUT2D eigenvalue weighted by atomic mass is 9.98. The van der Waals surface area contributed by atoms with E-state index in [0.29, 0.717) is 5.92 Å². The third-order valence-corrected chi connectivity index (χ3v) is 5.46.